The molecule has 3 heteroatoms. The van der Waals surface area contributed by atoms with Gasteiger partial charge < -0.3 is 15.5 Å². The minimum absolute atomic E-state index is 0.523. The lowest BCUT2D eigenvalue weighted by atomic mass is 10.2. The maximum absolute atomic E-state index is 5.80. The third kappa shape index (κ3) is 2.61. The fourth-order valence-electron chi connectivity index (χ4n) is 2.11. The topological polar surface area (TPSA) is 51.0 Å². The lowest BCUT2D eigenvalue weighted by Crippen LogP contribution is -1.94. The molecule has 0 saturated heterocycles. The summed E-state index contributed by atoms with van der Waals surface area (Å²) in [5, 5.41) is 1.13. The highest BCUT2D eigenvalue weighted by molar-refractivity contribution is 5.81. The van der Waals surface area contributed by atoms with Gasteiger partial charge in [-0.15, -0.1) is 0 Å². The molecule has 1 aromatic heterocycles. The average molecular weight is 252 g/mol. The molecule has 1 heterocycles. The minimum atomic E-state index is 0.523. The van der Waals surface area contributed by atoms with Crippen molar-refractivity contribution in [1.29, 1.82) is 0 Å². The lowest BCUT2D eigenvalue weighted by molar-refractivity contribution is 0.306. The monoisotopic (exact) mass is 252 g/mol. The van der Waals surface area contributed by atoms with Gasteiger partial charge in [0.2, 0.25) is 0 Å². The number of fused-ring (bicyclic) bond motifs is 1. The number of nitrogens with one attached hydrogen (secondary N) is 1. The highest BCUT2D eigenvalue weighted by Gasteiger charge is 2.02. The van der Waals surface area contributed by atoms with Crippen molar-refractivity contribution in [3.63, 3.8) is 0 Å². The van der Waals surface area contributed by atoms with Crippen LogP contribution in [0.3, 0.4) is 0 Å². The number of hydrogen-bond donors (Lipinski definition) is 2. The zero-order valence-corrected chi connectivity index (χ0v) is 10.6. The molecule has 3 aromatic rings. The van der Waals surface area contributed by atoms with Gasteiger partial charge in [-0.2, -0.15) is 0 Å². The summed E-state index contributed by atoms with van der Waals surface area (Å²) in [4.78, 5) is 3.27. The predicted octanol–water partition coefficient (Wildman–Crippen LogP) is 3.21. The van der Waals surface area contributed by atoms with Crippen molar-refractivity contribution in [2.45, 2.75) is 13.2 Å². The zero-order valence-electron chi connectivity index (χ0n) is 10.6. The third-order valence-electron chi connectivity index (χ3n) is 3.12. The maximum atomic E-state index is 5.80. The van der Waals surface area contributed by atoms with E-state index in [1.165, 1.54) is 5.56 Å². The van der Waals surface area contributed by atoms with Crippen LogP contribution >= 0.6 is 0 Å². The van der Waals surface area contributed by atoms with E-state index in [1.54, 1.807) is 0 Å². The molecule has 0 aliphatic heterocycles. The Labute approximate surface area is 112 Å². The van der Waals surface area contributed by atoms with Crippen molar-refractivity contribution in [3.8, 4) is 5.75 Å². The Morgan fingerprint density at radius 1 is 1.00 bits per heavy atom. The Kier molecular flexibility index (Phi) is 3.21. The van der Waals surface area contributed by atoms with Crippen molar-refractivity contribution in [1.82, 2.24) is 4.98 Å². The molecule has 96 valence electrons. The second-order valence-corrected chi connectivity index (χ2v) is 4.52. The second kappa shape index (κ2) is 5.16. The Bertz CT molecular complexity index is 674. The highest BCUT2D eigenvalue weighted by atomic mass is 16.5. The third-order valence-corrected chi connectivity index (χ3v) is 3.12. The molecule has 0 unspecified atom stereocenters. The first-order valence-corrected chi connectivity index (χ1v) is 6.33. The van der Waals surface area contributed by atoms with E-state index < -0.39 is 0 Å². The standard InChI is InChI=1S/C16H16N2O/c17-10-14-8-13-9-15(6-7-16(13)18-14)19-11-12-4-2-1-3-5-12/h1-9,18H,10-11,17H2. The first-order chi connectivity index (χ1) is 9.35. The van der Waals surface area contributed by atoms with Crippen LogP contribution in [0.25, 0.3) is 10.9 Å². The molecule has 3 N–H and O–H groups in total. The van der Waals surface area contributed by atoms with Crippen molar-refractivity contribution in [2.75, 3.05) is 0 Å². The summed E-state index contributed by atoms with van der Waals surface area (Å²) in [7, 11) is 0. The van der Waals surface area contributed by atoms with Gasteiger partial charge in [0.05, 0.1) is 0 Å². The molecule has 0 bridgehead atoms. The van der Waals surface area contributed by atoms with Crippen LogP contribution in [-0.4, -0.2) is 4.98 Å². The Morgan fingerprint density at radius 2 is 1.84 bits per heavy atom. The molecule has 2 aromatic carbocycles. The van der Waals surface area contributed by atoms with Crippen molar-refractivity contribution in [3.05, 3.63) is 65.9 Å². The Morgan fingerprint density at radius 3 is 2.63 bits per heavy atom. The van der Waals surface area contributed by atoms with E-state index in [9.17, 15) is 0 Å². The van der Waals surface area contributed by atoms with Crippen molar-refractivity contribution in [2.24, 2.45) is 5.73 Å². The molecule has 0 amide bonds. The van der Waals surface area contributed by atoms with Gasteiger partial charge in [-0.25, -0.2) is 0 Å². The molecule has 19 heavy (non-hydrogen) atoms. The number of hydrogen-bond acceptors (Lipinski definition) is 2. The number of aromatic nitrogens is 1. The van der Waals surface area contributed by atoms with E-state index >= 15 is 0 Å². The van der Waals surface area contributed by atoms with Crippen molar-refractivity contribution < 1.29 is 4.74 Å². The SMILES string of the molecule is NCc1cc2cc(OCc3ccccc3)ccc2[nH]1. The number of H-pyrrole nitrogens is 1. The van der Waals surface area contributed by atoms with E-state index in [4.69, 9.17) is 10.5 Å². The van der Waals surface area contributed by atoms with Gasteiger partial charge in [0.25, 0.3) is 0 Å². The van der Waals surface area contributed by atoms with E-state index in [0.29, 0.717) is 13.2 Å². The largest absolute Gasteiger partial charge is 0.489 e. The van der Waals surface area contributed by atoms with Gasteiger partial charge in [0, 0.05) is 23.1 Å². The first kappa shape index (κ1) is 11.8. The molecular weight excluding hydrogens is 236 g/mol. The summed E-state index contributed by atoms with van der Waals surface area (Å²) >= 11 is 0. The number of rotatable bonds is 4. The minimum Gasteiger partial charge on any atom is -0.489 e. The fraction of sp³-hybridized carbons (Fsp3) is 0.125. The van der Waals surface area contributed by atoms with Gasteiger partial charge in [-0.1, -0.05) is 30.3 Å². The molecular formula is C16H16N2O. The summed E-state index contributed by atoms with van der Waals surface area (Å²) in [6.45, 7) is 1.11. The predicted molar refractivity (Wildman–Crippen MR) is 77.0 cm³/mol. The van der Waals surface area contributed by atoms with Gasteiger partial charge in [-0.3, -0.25) is 0 Å². The number of ether oxygens (including phenoxy) is 1. The van der Waals surface area contributed by atoms with Crippen LogP contribution in [0, 0.1) is 0 Å². The fourth-order valence-corrected chi connectivity index (χ4v) is 2.11. The first-order valence-electron chi connectivity index (χ1n) is 6.33. The maximum Gasteiger partial charge on any atom is 0.120 e. The summed E-state index contributed by atoms with van der Waals surface area (Å²) in [5.74, 6) is 0.874. The van der Waals surface area contributed by atoms with E-state index in [-0.39, 0.29) is 0 Å². The molecule has 0 saturated carbocycles. The molecule has 0 fully saturated rings. The van der Waals surface area contributed by atoms with Crippen LogP contribution < -0.4 is 10.5 Å². The van der Waals surface area contributed by atoms with Gasteiger partial charge in [-0.05, 0) is 29.8 Å². The zero-order chi connectivity index (χ0) is 13.1. The van der Waals surface area contributed by atoms with Crippen LogP contribution in [-0.2, 0) is 13.2 Å². The molecule has 3 nitrogen and oxygen atoms in total. The lowest BCUT2D eigenvalue weighted by Gasteiger charge is -2.06. The van der Waals surface area contributed by atoms with Crippen LogP contribution in [0.2, 0.25) is 0 Å². The Balaban J connectivity index is 1.78. The Hall–Kier alpha value is -2.26. The highest BCUT2D eigenvalue weighted by Crippen LogP contribution is 2.22. The molecule has 0 aliphatic carbocycles. The van der Waals surface area contributed by atoms with Gasteiger partial charge in [0.1, 0.15) is 12.4 Å². The van der Waals surface area contributed by atoms with E-state index in [0.717, 1.165) is 22.3 Å². The normalized spacial score (nSPS) is 10.8. The summed E-state index contributed by atoms with van der Waals surface area (Å²) < 4.78 is 5.80. The number of aromatic amines is 1. The van der Waals surface area contributed by atoms with Crippen LogP contribution in [0.1, 0.15) is 11.3 Å². The smallest absolute Gasteiger partial charge is 0.120 e. The molecule has 0 spiro atoms. The molecule has 0 atom stereocenters. The summed E-state index contributed by atoms with van der Waals surface area (Å²) in [6, 6.07) is 18.2. The van der Waals surface area contributed by atoms with Gasteiger partial charge >= 0.3 is 0 Å². The van der Waals surface area contributed by atoms with E-state index in [2.05, 4.69) is 23.2 Å². The molecule has 0 aliphatic rings. The molecule has 0 radical (unpaired) electrons. The van der Waals surface area contributed by atoms with Crippen LogP contribution in [0.5, 0.6) is 5.75 Å². The quantitative estimate of drug-likeness (QED) is 0.749. The second-order valence-electron chi connectivity index (χ2n) is 4.52. The van der Waals surface area contributed by atoms with Crippen LogP contribution in [0.15, 0.2) is 54.6 Å². The number of benzene rings is 2. The average Bonchev–Trinajstić information content (AvgIpc) is 2.88. The summed E-state index contributed by atoms with van der Waals surface area (Å²) in [6.07, 6.45) is 0. The number of nitrogens with two attached hydrogens (primary N) is 1. The van der Waals surface area contributed by atoms with E-state index in [1.807, 2.05) is 36.4 Å². The van der Waals surface area contributed by atoms with Crippen molar-refractivity contribution >= 4 is 10.9 Å². The summed E-state index contributed by atoms with van der Waals surface area (Å²) in [5.41, 5.74) is 8.92. The molecule has 3 rings (SSSR count). The van der Waals surface area contributed by atoms with Crippen LogP contribution in [0.4, 0.5) is 0 Å². The van der Waals surface area contributed by atoms with Gasteiger partial charge in [0.15, 0.2) is 0 Å².